The molecule has 1 heterocycles. The minimum absolute atomic E-state index is 0.248. The number of anilines is 2. The van der Waals surface area contributed by atoms with Crippen LogP contribution in [0.1, 0.15) is 10.4 Å². The van der Waals surface area contributed by atoms with Crippen LogP contribution in [0.4, 0.5) is 11.4 Å². The van der Waals surface area contributed by atoms with Crippen LogP contribution in [-0.2, 0) is 0 Å². The molecule has 0 spiro atoms. The van der Waals surface area contributed by atoms with E-state index in [4.69, 9.17) is 5.73 Å². The molecule has 0 aliphatic carbocycles. The number of hydrogen-bond acceptors (Lipinski definition) is 3. The van der Waals surface area contributed by atoms with Gasteiger partial charge >= 0.3 is 0 Å². The largest absolute Gasteiger partial charge is 0.398 e. The Bertz CT molecular complexity index is 815. The summed E-state index contributed by atoms with van der Waals surface area (Å²) in [5.74, 6) is -0.248. The van der Waals surface area contributed by atoms with E-state index in [2.05, 4.69) is 26.2 Å². The Hall–Kier alpha value is -2.40. The fraction of sp³-hybridized carbons (Fsp3) is 0. The SMILES string of the molecule is Nc1cc2ccccc2cc1C(=O)Nc1ccc(Br)nc1. The number of nitrogen functional groups attached to an aromatic ring is 1. The number of aromatic nitrogens is 1. The van der Waals surface area contributed by atoms with Gasteiger partial charge in [-0.25, -0.2) is 4.98 Å². The zero-order valence-electron chi connectivity index (χ0n) is 11.0. The summed E-state index contributed by atoms with van der Waals surface area (Å²) in [5.41, 5.74) is 7.51. The van der Waals surface area contributed by atoms with E-state index in [1.807, 2.05) is 30.3 Å². The van der Waals surface area contributed by atoms with Crippen LogP contribution in [-0.4, -0.2) is 10.9 Å². The molecule has 1 amide bonds. The van der Waals surface area contributed by atoms with Crippen LogP contribution in [0.5, 0.6) is 0 Å². The van der Waals surface area contributed by atoms with E-state index in [0.29, 0.717) is 21.5 Å². The molecule has 5 heteroatoms. The molecule has 0 aliphatic rings. The molecule has 0 saturated heterocycles. The first-order chi connectivity index (χ1) is 10.1. The quantitative estimate of drug-likeness (QED) is 0.549. The van der Waals surface area contributed by atoms with Gasteiger partial charge in [-0.2, -0.15) is 0 Å². The zero-order chi connectivity index (χ0) is 14.8. The van der Waals surface area contributed by atoms with Crippen LogP contribution < -0.4 is 11.1 Å². The topological polar surface area (TPSA) is 68.0 Å². The van der Waals surface area contributed by atoms with Crippen molar-refractivity contribution in [2.24, 2.45) is 0 Å². The van der Waals surface area contributed by atoms with Crippen molar-refractivity contribution in [2.75, 3.05) is 11.1 Å². The number of amides is 1. The van der Waals surface area contributed by atoms with Gasteiger partial charge in [-0.1, -0.05) is 24.3 Å². The number of rotatable bonds is 2. The smallest absolute Gasteiger partial charge is 0.257 e. The summed E-state index contributed by atoms with van der Waals surface area (Å²) >= 11 is 3.25. The fourth-order valence-electron chi connectivity index (χ4n) is 2.10. The number of halogens is 1. The lowest BCUT2D eigenvalue weighted by atomic mass is 10.0. The number of fused-ring (bicyclic) bond motifs is 1. The van der Waals surface area contributed by atoms with Crippen molar-refractivity contribution in [1.29, 1.82) is 0 Å². The minimum atomic E-state index is -0.248. The number of benzene rings is 2. The van der Waals surface area contributed by atoms with E-state index in [1.165, 1.54) is 0 Å². The third-order valence-electron chi connectivity index (χ3n) is 3.15. The lowest BCUT2D eigenvalue weighted by Gasteiger charge is -2.09. The molecule has 0 saturated carbocycles. The van der Waals surface area contributed by atoms with Crippen molar-refractivity contribution in [3.63, 3.8) is 0 Å². The summed E-state index contributed by atoms with van der Waals surface area (Å²) in [4.78, 5) is 16.4. The van der Waals surface area contributed by atoms with Crippen molar-refractivity contribution in [3.05, 3.63) is 64.9 Å². The molecule has 3 N–H and O–H groups in total. The molecular weight excluding hydrogens is 330 g/mol. The minimum Gasteiger partial charge on any atom is -0.398 e. The van der Waals surface area contributed by atoms with Gasteiger partial charge < -0.3 is 11.1 Å². The normalized spacial score (nSPS) is 10.5. The Morgan fingerprint density at radius 1 is 1.10 bits per heavy atom. The van der Waals surface area contributed by atoms with Crippen LogP contribution in [0.25, 0.3) is 10.8 Å². The maximum absolute atomic E-state index is 12.3. The van der Waals surface area contributed by atoms with E-state index in [0.717, 1.165) is 10.8 Å². The molecule has 3 rings (SSSR count). The Morgan fingerprint density at radius 2 is 1.81 bits per heavy atom. The predicted molar refractivity (Wildman–Crippen MR) is 88.3 cm³/mol. The van der Waals surface area contributed by atoms with E-state index in [-0.39, 0.29) is 5.91 Å². The molecule has 3 aromatic rings. The predicted octanol–water partition coefficient (Wildman–Crippen LogP) is 3.83. The molecule has 0 atom stereocenters. The average molecular weight is 342 g/mol. The van der Waals surface area contributed by atoms with Gasteiger partial charge in [0.2, 0.25) is 0 Å². The number of carbonyl (C=O) groups is 1. The fourth-order valence-corrected chi connectivity index (χ4v) is 2.34. The van der Waals surface area contributed by atoms with Gasteiger partial charge in [0.1, 0.15) is 4.60 Å². The first-order valence-corrected chi connectivity index (χ1v) is 7.14. The second-order valence-electron chi connectivity index (χ2n) is 4.61. The summed E-state index contributed by atoms with van der Waals surface area (Å²) in [6.45, 7) is 0. The highest BCUT2D eigenvalue weighted by atomic mass is 79.9. The van der Waals surface area contributed by atoms with E-state index >= 15 is 0 Å². The molecule has 4 nitrogen and oxygen atoms in total. The van der Waals surface area contributed by atoms with E-state index < -0.39 is 0 Å². The molecule has 1 aromatic heterocycles. The average Bonchev–Trinajstić information content (AvgIpc) is 2.49. The third-order valence-corrected chi connectivity index (χ3v) is 3.62. The standard InChI is InChI=1S/C16H12BrN3O/c17-15-6-5-12(9-19-15)20-16(21)13-7-10-3-1-2-4-11(10)8-14(13)18/h1-9H,18H2,(H,20,21). The molecule has 104 valence electrons. The van der Waals surface area contributed by atoms with Crippen molar-refractivity contribution in [3.8, 4) is 0 Å². The first-order valence-electron chi connectivity index (χ1n) is 6.34. The third kappa shape index (κ3) is 2.87. The number of pyridine rings is 1. The molecule has 21 heavy (non-hydrogen) atoms. The number of carbonyl (C=O) groups excluding carboxylic acids is 1. The summed E-state index contributed by atoms with van der Waals surface area (Å²) in [6, 6.07) is 14.9. The van der Waals surface area contributed by atoms with Crippen LogP contribution in [0.3, 0.4) is 0 Å². The van der Waals surface area contributed by atoms with E-state index in [9.17, 15) is 4.79 Å². The highest BCUT2D eigenvalue weighted by Crippen LogP contribution is 2.23. The summed E-state index contributed by atoms with van der Waals surface area (Å²) in [7, 11) is 0. The van der Waals surface area contributed by atoms with Gasteiger partial charge in [-0.15, -0.1) is 0 Å². The molecule has 2 aromatic carbocycles. The van der Waals surface area contributed by atoms with Gasteiger partial charge in [-0.05, 0) is 51.0 Å². The van der Waals surface area contributed by atoms with Crippen molar-refractivity contribution >= 4 is 44.0 Å². The van der Waals surface area contributed by atoms with Gasteiger partial charge in [0.05, 0.1) is 17.4 Å². The van der Waals surface area contributed by atoms with Crippen LogP contribution in [0.2, 0.25) is 0 Å². The summed E-state index contributed by atoms with van der Waals surface area (Å²) < 4.78 is 0.714. The Labute approximate surface area is 130 Å². The van der Waals surface area contributed by atoms with Gasteiger partial charge in [0.25, 0.3) is 5.91 Å². The number of hydrogen-bond donors (Lipinski definition) is 2. The molecule has 0 aliphatic heterocycles. The zero-order valence-corrected chi connectivity index (χ0v) is 12.6. The second kappa shape index (κ2) is 5.54. The summed E-state index contributed by atoms with van der Waals surface area (Å²) in [5, 5.41) is 4.78. The number of nitrogens with zero attached hydrogens (tertiary/aromatic N) is 1. The Balaban J connectivity index is 1.93. The summed E-state index contributed by atoms with van der Waals surface area (Å²) in [6.07, 6.45) is 1.58. The highest BCUT2D eigenvalue weighted by Gasteiger charge is 2.11. The Kier molecular flexibility index (Phi) is 3.58. The van der Waals surface area contributed by atoms with Crippen LogP contribution >= 0.6 is 15.9 Å². The van der Waals surface area contributed by atoms with E-state index in [1.54, 1.807) is 24.4 Å². The lowest BCUT2D eigenvalue weighted by molar-refractivity contribution is 0.102. The van der Waals surface area contributed by atoms with Crippen molar-refractivity contribution < 1.29 is 4.79 Å². The first kappa shape index (κ1) is 13.6. The van der Waals surface area contributed by atoms with Crippen molar-refractivity contribution in [2.45, 2.75) is 0 Å². The Morgan fingerprint density at radius 3 is 2.48 bits per heavy atom. The molecule has 0 bridgehead atoms. The van der Waals surface area contributed by atoms with Crippen LogP contribution in [0, 0.1) is 0 Å². The number of nitrogens with one attached hydrogen (secondary N) is 1. The number of nitrogens with two attached hydrogens (primary N) is 1. The molecule has 0 unspecified atom stereocenters. The maximum atomic E-state index is 12.3. The lowest BCUT2D eigenvalue weighted by Crippen LogP contribution is -2.14. The molecular formula is C16H12BrN3O. The monoisotopic (exact) mass is 341 g/mol. The maximum Gasteiger partial charge on any atom is 0.257 e. The molecule has 0 fully saturated rings. The van der Waals surface area contributed by atoms with Gasteiger partial charge in [0, 0.05) is 5.69 Å². The van der Waals surface area contributed by atoms with Crippen LogP contribution in [0.15, 0.2) is 59.3 Å². The van der Waals surface area contributed by atoms with Gasteiger partial charge in [-0.3, -0.25) is 4.79 Å². The van der Waals surface area contributed by atoms with Crippen molar-refractivity contribution in [1.82, 2.24) is 4.98 Å². The molecule has 0 radical (unpaired) electrons. The van der Waals surface area contributed by atoms with Gasteiger partial charge in [0.15, 0.2) is 0 Å². The second-order valence-corrected chi connectivity index (χ2v) is 5.42. The highest BCUT2D eigenvalue weighted by molar-refractivity contribution is 9.10.